The minimum absolute atomic E-state index is 0.475. The number of nitro groups is 1. The molecule has 0 bridgehead atoms. The second kappa shape index (κ2) is 4.40. The number of carboxylic acid groups (broad SMARTS) is 1. The molecule has 8 heteroatoms. The van der Waals surface area contributed by atoms with Gasteiger partial charge in [-0.25, -0.2) is 0 Å². The molecule has 0 saturated heterocycles. The summed E-state index contributed by atoms with van der Waals surface area (Å²) in [6.45, 7) is 0. The van der Waals surface area contributed by atoms with Crippen molar-refractivity contribution in [2.24, 2.45) is 0 Å². The van der Waals surface area contributed by atoms with Crippen molar-refractivity contribution in [3.63, 3.8) is 0 Å². The van der Waals surface area contributed by atoms with Crippen LogP contribution in [0.2, 0.25) is 0 Å². The zero-order valence-electron chi connectivity index (χ0n) is 8.19. The monoisotopic (exact) mass is 249 g/mol. The Morgan fingerprint density at radius 3 is 2.41 bits per heavy atom. The topological polar surface area (TPSA) is 80.4 Å². The number of hydrogen-bond donors (Lipinski definition) is 1. The summed E-state index contributed by atoms with van der Waals surface area (Å²) >= 11 is 0. The highest BCUT2D eigenvalue weighted by molar-refractivity contribution is 5.72. The van der Waals surface area contributed by atoms with E-state index in [1.54, 1.807) is 0 Å². The van der Waals surface area contributed by atoms with E-state index < -0.39 is 40.3 Å². The van der Waals surface area contributed by atoms with Gasteiger partial charge in [0.1, 0.15) is 5.56 Å². The largest absolute Gasteiger partial charge is 0.481 e. The van der Waals surface area contributed by atoms with E-state index in [9.17, 15) is 28.1 Å². The number of hydrogen-bond acceptors (Lipinski definition) is 3. The Kier molecular flexibility index (Phi) is 3.35. The Balaban J connectivity index is 3.43. The molecule has 0 unspecified atom stereocenters. The van der Waals surface area contributed by atoms with Gasteiger partial charge in [-0.15, -0.1) is 0 Å². The standard InChI is InChI=1S/C9H6F3NO4/c10-9(11,12)6-3-1-2-5(4-7(14)15)8(6)13(16)17/h1-3H,4H2,(H,14,15). The van der Waals surface area contributed by atoms with Crippen LogP contribution in [-0.2, 0) is 17.4 Å². The number of aliphatic carboxylic acids is 1. The Morgan fingerprint density at radius 2 is 2.00 bits per heavy atom. The SMILES string of the molecule is O=C(O)Cc1cccc(C(F)(F)F)c1[N+](=O)[O-]. The molecule has 0 radical (unpaired) electrons. The van der Waals surface area contributed by atoms with Crippen molar-refractivity contribution in [1.29, 1.82) is 0 Å². The lowest BCUT2D eigenvalue weighted by Crippen LogP contribution is -2.12. The third-order valence-electron chi connectivity index (χ3n) is 1.95. The van der Waals surface area contributed by atoms with Gasteiger partial charge in [-0.1, -0.05) is 12.1 Å². The fourth-order valence-electron chi connectivity index (χ4n) is 1.34. The molecular weight excluding hydrogens is 243 g/mol. The first-order valence-electron chi connectivity index (χ1n) is 4.28. The quantitative estimate of drug-likeness (QED) is 0.658. The molecule has 1 aromatic rings. The van der Waals surface area contributed by atoms with Crippen molar-refractivity contribution in [2.45, 2.75) is 12.6 Å². The number of nitro benzene ring substituents is 1. The van der Waals surface area contributed by atoms with E-state index in [1.807, 2.05) is 0 Å². The van der Waals surface area contributed by atoms with Crippen LogP contribution in [0.4, 0.5) is 18.9 Å². The van der Waals surface area contributed by atoms with Crippen molar-refractivity contribution in [3.05, 3.63) is 39.4 Å². The molecule has 1 rings (SSSR count). The number of halogens is 3. The Bertz CT molecular complexity index is 470. The highest BCUT2D eigenvalue weighted by atomic mass is 19.4. The summed E-state index contributed by atoms with van der Waals surface area (Å²) in [5, 5.41) is 19.0. The summed E-state index contributed by atoms with van der Waals surface area (Å²) in [6.07, 6.45) is -5.73. The van der Waals surface area contributed by atoms with E-state index in [1.165, 1.54) is 0 Å². The predicted octanol–water partition coefficient (Wildman–Crippen LogP) is 2.24. The Morgan fingerprint density at radius 1 is 1.41 bits per heavy atom. The number of rotatable bonds is 3. The van der Waals surface area contributed by atoms with Gasteiger partial charge in [-0.2, -0.15) is 13.2 Å². The third kappa shape index (κ3) is 2.92. The molecule has 0 spiro atoms. The van der Waals surface area contributed by atoms with E-state index in [0.29, 0.717) is 6.07 Å². The fraction of sp³-hybridized carbons (Fsp3) is 0.222. The molecule has 17 heavy (non-hydrogen) atoms. The van der Waals surface area contributed by atoms with Gasteiger partial charge in [0.25, 0.3) is 5.69 Å². The summed E-state index contributed by atoms with van der Waals surface area (Å²) in [6, 6.07) is 2.47. The van der Waals surface area contributed by atoms with E-state index in [-0.39, 0.29) is 0 Å². The molecule has 0 aliphatic heterocycles. The average molecular weight is 249 g/mol. The zero-order valence-corrected chi connectivity index (χ0v) is 8.19. The van der Waals surface area contributed by atoms with Gasteiger partial charge in [0.05, 0.1) is 11.3 Å². The first-order valence-corrected chi connectivity index (χ1v) is 4.28. The minimum atomic E-state index is -4.89. The maximum absolute atomic E-state index is 12.5. The second-order valence-corrected chi connectivity index (χ2v) is 3.14. The summed E-state index contributed by atoms with van der Waals surface area (Å²) in [5.74, 6) is -1.44. The van der Waals surface area contributed by atoms with E-state index in [2.05, 4.69) is 0 Å². The van der Waals surface area contributed by atoms with E-state index in [0.717, 1.165) is 12.1 Å². The van der Waals surface area contributed by atoms with Crippen LogP contribution >= 0.6 is 0 Å². The molecule has 0 aliphatic rings. The van der Waals surface area contributed by atoms with Gasteiger partial charge in [0, 0.05) is 5.56 Å². The molecule has 0 atom stereocenters. The van der Waals surface area contributed by atoms with Gasteiger partial charge < -0.3 is 5.11 Å². The van der Waals surface area contributed by atoms with Crippen molar-refractivity contribution < 1.29 is 28.0 Å². The van der Waals surface area contributed by atoms with Crippen molar-refractivity contribution >= 4 is 11.7 Å². The predicted molar refractivity (Wildman–Crippen MR) is 49.4 cm³/mol. The van der Waals surface area contributed by atoms with Gasteiger partial charge >= 0.3 is 12.1 Å². The van der Waals surface area contributed by atoms with Crippen LogP contribution in [0.5, 0.6) is 0 Å². The molecule has 0 saturated carbocycles. The van der Waals surface area contributed by atoms with Gasteiger partial charge in [-0.05, 0) is 6.07 Å². The van der Waals surface area contributed by atoms with Crippen LogP contribution in [0.1, 0.15) is 11.1 Å². The average Bonchev–Trinajstić information content (AvgIpc) is 2.14. The van der Waals surface area contributed by atoms with Crippen molar-refractivity contribution in [3.8, 4) is 0 Å². The Labute approximate surface area is 92.6 Å². The maximum Gasteiger partial charge on any atom is 0.423 e. The summed E-state index contributed by atoms with van der Waals surface area (Å²) in [5.41, 5.74) is -3.12. The van der Waals surface area contributed by atoms with Crippen molar-refractivity contribution in [1.82, 2.24) is 0 Å². The van der Waals surface area contributed by atoms with Crippen LogP contribution in [0.25, 0.3) is 0 Å². The highest BCUT2D eigenvalue weighted by Crippen LogP contribution is 2.37. The lowest BCUT2D eigenvalue weighted by atomic mass is 10.0. The maximum atomic E-state index is 12.5. The highest BCUT2D eigenvalue weighted by Gasteiger charge is 2.39. The van der Waals surface area contributed by atoms with Crippen LogP contribution < -0.4 is 0 Å². The number of carbonyl (C=O) groups is 1. The molecular formula is C9H6F3NO4. The van der Waals surface area contributed by atoms with Gasteiger partial charge in [-0.3, -0.25) is 14.9 Å². The molecule has 0 aromatic heterocycles. The van der Waals surface area contributed by atoms with Crippen LogP contribution in [0.3, 0.4) is 0 Å². The fourth-order valence-corrected chi connectivity index (χ4v) is 1.34. The lowest BCUT2D eigenvalue weighted by molar-refractivity contribution is -0.388. The van der Waals surface area contributed by atoms with Crippen LogP contribution in [-0.4, -0.2) is 16.0 Å². The summed E-state index contributed by atoms with van der Waals surface area (Å²) in [7, 11) is 0. The smallest absolute Gasteiger partial charge is 0.423 e. The minimum Gasteiger partial charge on any atom is -0.481 e. The number of nitrogens with zero attached hydrogens (tertiary/aromatic N) is 1. The molecule has 0 heterocycles. The second-order valence-electron chi connectivity index (χ2n) is 3.14. The molecule has 1 aromatic carbocycles. The number of benzene rings is 1. The normalized spacial score (nSPS) is 11.2. The van der Waals surface area contributed by atoms with E-state index in [4.69, 9.17) is 5.11 Å². The third-order valence-corrected chi connectivity index (χ3v) is 1.95. The van der Waals surface area contributed by atoms with Gasteiger partial charge in [0.15, 0.2) is 0 Å². The lowest BCUT2D eigenvalue weighted by Gasteiger charge is -2.09. The number of alkyl halides is 3. The van der Waals surface area contributed by atoms with Gasteiger partial charge in [0.2, 0.25) is 0 Å². The van der Waals surface area contributed by atoms with Crippen molar-refractivity contribution in [2.75, 3.05) is 0 Å². The van der Waals surface area contributed by atoms with Crippen LogP contribution in [0, 0.1) is 10.1 Å². The summed E-state index contributed by atoms with van der Waals surface area (Å²) in [4.78, 5) is 19.8. The molecule has 0 aliphatic carbocycles. The molecule has 92 valence electrons. The first kappa shape index (κ1) is 12.9. The van der Waals surface area contributed by atoms with Crippen LogP contribution in [0.15, 0.2) is 18.2 Å². The van der Waals surface area contributed by atoms with E-state index >= 15 is 0 Å². The Hall–Kier alpha value is -2.12. The first-order chi connectivity index (χ1) is 7.73. The molecule has 5 nitrogen and oxygen atoms in total. The zero-order chi connectivity index (χ0) is 13.2. The number of para-hydroxylation sites is 1. The molecule has 0 amide bonds. The molecule has 1 N–H and O–H groups in total. The number of carboxylic acids is 1. The molecule has 0 fully saturated rings. The summed E-state index contributed by atoms with van der Waals surface area (Å²) < 4.78 is 37.4.